The average Bonchev–Trinajstić information content (AvgIpc) is 3.44. The van der Waals surface area contributed by atoms with E-state index in [0.717, 1.165) is 34.1 Å². The minimum Gasteiger partial charge on any atom is -0.463 e. The number of pyridine rings is 2. The van der Waals surface area contributed by atoms with E-state index in [2.05, 4.69) is 28.4 Å². The van der Waals surface area contributed by atoms with E-state index in [1.807, 2.05) is 41.1 Å². The third-order valence-corrected chi connectivity index (χ3v) is 5.66. The maximum atomic E-state index is 13.3. The number of aromatic nitrogens is 4. The van der Waals surface area contributed by atoms with Crippen LogP contribution >= 0.6 is 0 Å². The standard InChI is InChI=1S/C23H16N4O2/c28-23-22-17(15-7-9-24-25-12-15)13-29-21(22)8-10-27(23)20-11-16(20)19-6-5-14-3-1-2-4-18(14)26-19/h1-10,12-13,16,20H,11H2. The Balaban J connectivity index is 1.41. The summed E-state index contributed by atoms with van der Waals surface area (Å²) in [5.41, 5.74) is 4.12. The lowest BCUT2D eigenvalue weighted by molar-refractivity contribution is 0.613. The molecule has 4 aromatic heterocycles. The molecule has 29 heavy (non-hydrogen) atoms. The largest absolute Gasteiger partial charge is 0.463 e. The van der Waals surface area contributed by atoms with Gasteiger partial charge in [0, 0.05) is 40.4 Å². The quantitative estimate of drug-likeness (QED) is 0.466. The second-order valence-electron chi connectivity index (χ2n) is 7.39. The Morgan fingerprint density at radius 1 is 1.03 bits per heavy atom. The van der Waals surface area contributed by atoms with E-state index in [4.69, 9.17) is 9.40 Å². The molecule has 0 amide bonds. The Hall–Kier alpha value is -3.80. The summed E-state index contributed by atoms with van der Waals surface area (Å²) >= 11 is 0. The van der Waals surface area contributed by atoms with Crippen molar-refractivity contribution in [1.29, 1.82) is 0 Å². The molecule has 2 unspecified atom stereocenters. The summed E-state index contributed by atoms with van der Waals surface area (Å²) in [5, 5.41) is 9.43. The summed E-state index contributed by atoms with van der Waals surface area (Å²) in [6.07, 6.45) is 7.59. The molecular formula is C23H16N4O2. The molecule has 4 heterocycles. The lowest BCUT2D eigenvalue weighted by atomic mass is 10.1. The fourth-order valence-electron chi connectivity index (χ4n) is 4.08. The topological polar surface area (TPSA) is 73.8 Å². The number of rotatable bonds is 3. The number of nitrogens with zero attached hydrogens (tertiary/aromatic N) is 4. The van der Waals surface area contributed by atoms with Gasteiger partial charge >= 0.3 is 0 Å². The predicted molar refractivity (Wildman–Crippen MR) is 110 cm³/mol. The van der Waals surface area contributed by atoms with Crippen molar-refractivity contribution in [2.75, 3.05) is 0 Å². The van der Waals surface area contributed by atoms with Gasteiger partial charge in [-0.2, -0.15) is 10.2 Å². The van der Waals surface area contributed by atoms with Crippen LogP contribution in [-0.4, -0.2) is 19.7 Å². The first-order valence-corrected chi connectivity index (χ1v) is 9.55. The molecule has 1 saturated carbocycles. The molecule has 5 aromatic rings. The zero-order valence-electron chi connectivity index (χ0n) is 15.4. The summed E-state index contributed by atoms with van der Waals surface area (Å²) in [5.74, 6) is 0.243. The van der Waals surface area contributed by atoms with E-state index in [1.54, 1.807) is 18.7 Å². The van der Waals surface area contributed by atoms with Crippen molar-refractivity contribution < 1.29 is 4.42 Å². The molecule has 1 fully saturated rings. The average molecular weight is 380 g/mol. The first-order valence-electron chi connectivity index (χ1n) is 9.55. The molecule has 6 nitrogen and oxygen atoms in total. The van der Waals surface area contributed by atoms with Crippen molar-refractivity contribution in [3.63, 3.8) is 0 Å². The monoisotopic (exact) mass is 380 g/mol. The van der Waals surface area contributed by atoms with Crippen molar-refractivity contribution >= 4 is 21.9 Å². The number of hydrogen-bond acceptors (Lipinski definition) is 5. The summed E-state index contributed by atoms with van der Waals surface area (Å²) in [6.45, 7) is 0. The third kappa shape index (κ3) is 2.56. The molecule has 0 bridgehead atoms. The van der Waals surface area contributed by atoms with Crippen LogP contribution in [0.2, 0.25) is 0 Å². The van der Waals surface area contributed by atoms with Gasteiger partial charge in [-0.25, -0.2) is 0 Å². The van der Waals surface area contributed by atoms with E-state index in [9.17, 15) is 4.79 Å². The highest BCUT2D eigenvalue weighted by molar-refractivity contribution is 5.92. The molecular weight excluding hydrogens is 364 g/mol. The Bertz CT molecular complexity index is 1420. The molecule has 2 atom stereocenters. The van der Waals surface area contributed by atoms with Crippen LogP contribution in [-0.2, 0) is 0 Å². The highest BCUT2D eigenvalue weighted by atomic mass is 16.3. The van der Waals surface area contributed by atoms with Crippen LogP contribution in [0.1, 0.15) is 24.1 Å². The highest BCUT2D eigenvalue weighted by Gasteiger charge is 2.42. The fraction of sp³-hybridized carbons (Fsp3) is 0.130. The summed E-state index contributed by atoms with van der Waals surface area (Å²) < 4.78 is 7.44. The molecule has 1 aliphatic rings. The van der Waals surface area contributed by atoms with Crippen molar-refractivity contribution in [3.8, 4) is 11.1 Å². The SMILES string of the molecule is O=c1c2c(-c3ccnnc3)coc2ccn1C1CC1c1ccc2ccccc2n1. The third-order valence-electron chi connectivity index (χ3n) is 5.66. The number of fused-ring (bicyclic) bond motifs is 2. The van der Waals surface area contributed by atoms with Crippen molar-refractivity contribution in [3.05, 3.63) is 89.4 Å². The number of para-hydroxylation sites is 1. The normalized spacial score (nSPS) is 18.3. The maximum absolute atomic E-state index is 13.3. The lowest BCUT2D eigenvalue weighted by Gasteiger charge is -2.06. The Morgan fingerprint density at radius 3 is 2.86 bits per heavy atom. The minimum absolute atomic E-state index is 0.0450. The van der Waals surface area contributed by atoms with Gasteiger partial charge in [0.25, 0.3) is 5.56 Å². The highest BCUT2D eigenvalue weighted by Crippen LogP contribution is 2.50. The van der Waals surface area contributed by atoms with Crippen LogP contribution in [0.25, 0.3) is 33.0 Å². The summed E-state index contributed by atoms with van der Waals surface area (Å²) in [4.78, 5) is 18.1. The molecule has 6 heteroatoms. The Morgan fingerprint density at radius 2 is 1.97 bits per heavy atom. The number of hydrogen-bond donors (Lipinski definition) is 0. The zero-order valence-corrected chi connectivity index (χ0v) is 15.4. The van der Waals surface area contributed by atoms with Crippen molar-refractivity contribution in [2.24, 2.45) is 0 Å². The molecule has 0 aliphatic heterocycles. The van der Waals surface area contributed by atoms with Gasteiger partial charge in [-0.05, 0) is 30.7 Å². The Labute approximate surface area is 165 Å². The van der Waals surface area contributed by atoms with Gasteiger partial charge in [-0.3, -0.25) is 9.78 Å². The molecule has 0 N–H and O–H groups in total. The van der Waals surface area contributed by atoms with Crippen LogP contribution in [0.15, 0.2) is 82.6 Å². The van der Waals surface area contributed by atoms with E-state index in [0.29, 0.717) is 11.0 Å². The van der Waals surface area contributed by atoms with Crippen LogP contribution in [0.5, 0.6) is 0 Å². The fourth-order valence-corrected chi connectivity index (χ4v) is 4.08. The van der Waals surface area contributed by atoms with E-state index in [1.165, 1.54) is 0 Å². The van der Waals surface area contributed by atoms with E-state index >= 15 is 0 Å². The van der Waals surface area contributed by atoms with Crippen LogP contribution in [0, 0.1) is 0 Å². The van der Waals surface area contributed by atoms with Crippen molar-refractivity contribution in [1.82, 2.24) is 19.7 Å². The zero-order chi connectivity index (χ0) is 19.4. The minimum atomic E-state index is -0.0450. The number of furan rings is 1. The molecule has 1 aliphatic carbocycles. The van der Waals surface area contributed by atoms with Gasteiger partial charge < -0.3 is 8.98 Å². The first-order chi connectivity index (χ1) is 14.3. The Kier molecular flexibility index (Phi) is 3.41. The van der Waals surface area contributed by atoms with Gasteiger partial charge in [0.15, 0.2) is 0 Å². The van der Waals surface area contributed by atoms with Gasteiger partial charge in [-0.1, -0.05) is 24.3 Å². The van der Waals surface area contributed by atoms with Crippen LogP contribution < -0.4 is 5.56 Å². The van der Waals surface area contributed by atoms with Crippen LogP contribution in [0.4, 0.5) is 0 Å². The van der Waals surface area contributed by atoms with Crippen molar-refractivity contribution in [2.45, 2.75) is 18.4 Å². The molecule has 0 spiro atoms. The van der Waals surface area contributed by atoms with Gasteiger partial charge in [0.2, 0.25) is 0 Å². The van der Waals surface area contributed by atoms with Gasteiger partial charge in [-0.15, -0.1) is 0 Å². The predicted octanol–water partition coefficient (Wildman–Crippen LogP) is 4.33. The van der Waals surface area contributed by atoms with Gasteiger partial charge in [0.05, 0.1) is 29.6 Å². The van der Waals surface area contributed by atoms with E-state index < -0.39 is 0 Å². The number of benzene rings is 1. The smallest absolute Gasteiger partial charge is 0.262 e. The second kappa shape index (κ2) is 6.10. The maximum Gasteiger partial charge on any atom is 0.262 e. The molecule has 140 valence electrons. The molecule has 1 aromatic carbocycles. The van der Waals surface area contributed by atoms with E-state index in [-0.39, 0.29) is 17.5 Å². The summed E-state index contributed by atoms with van der Waals surface area (Å²) in [7, 11) is 0. The van der Waals surface area contributed by atoms with Crippen LogP contribution in [0.3, 0.4) is 0 Å². The first kappa shape index (κ1) is 16.2. The summed E-state index contributed by atoms with van der Waals surface area (Å²) in [6, 6.07) is 16.1. The second-order valence-corrected chi connectivity index (χ2v) is 7.39. The molecule has 0 radical (unpaired) electrons. The van der Waals surface area contributed by atoms with Gasteiger partial charge in [0.1, 0.15) is 5.58 Å². The molecule has 0 saturated heterocycles. The molecule has 6 rings (SSSR count). The lowest BCUT2D eigenvalue weighted by Crippen LogP contribution is -2.19.